The molecule has 2 aromatic rings. The Morgan fingerprint density at radius 2 is 1.38 bits per heavy atom. The smallest absolute Gasteiger partial charge is 0.370 e. The van der Waals surface area contributed by atoms with Crippen LogP contribution in [0.3, 0.4) is 0 Å². The van der Waals surface area contributed by atoms with Gasteiger partial charge in [0.25, 0.3) is 10.0 Å². The van der Waals surface area contributed by atoms with E-state index in [1.165, 1.54) is 5.32 Å². The van der Waals surface area contributed by atoms with Gasteiger partial charge in [-0.3, -0.25) is 0 Å². The van der Waals surface area contributed by atoms with Gasteiger partial charge in [0.2, 0.25) is 10.0 Å². The van der Waals surface area contributed by atoms with E-state index in [-0.39, 0.29) is 30.3 Å². The first-order chi connectivity index (χ1) is 16.6. The molecule has 0 spiro atoms. The molecule has 204 valence electrons. The molecule has 0 fully saturated rings. The van der Waals surface area contributed by atoms with Gasteiger partial charge in [0.05, 0.1) is 29.0 Å². The number of benzene rings is 2. The van der Waals surface area contributed by atoms with Crippen LogP contribution in [0.25, 0.3) is 0 Å². The number of carbonyl (C=O) groups excluding carboxylic acids is 1. The molecule has 0 unspecified atom stereocenters. The van der Waals surface area contributed by atoms with Crippen LogP contribution in [0.2, 0.25) is 0 Å². The lowest BCUT2D eigenvalue weighted by Gasteiger charge is -2.23. The molecule has 1 aliphatic heterocycles. The van der Waals surface area contributed by atoms with E-state index in [9.17, 15) is 61.1 Å². The first-order valence-corrected chi connectivity index (χ1v) is 12.2. The fraction of sp³-hybridized carbons (Fsp3) is 0.235. The van der Waals surface area contributed by atoms with Gasteiger partial charge < -0.3 is 10.6 Å². The first kappa shape index (κ1) is 28.3. The molecule has 0 atom stereocenters. The number of hydrogen-bond acceptors (Lipinski definition) is 6. The van der Waals surface area contributed by atoms with Gasteiger partial charge in [-0.05, 0) is 30.3 Å². The van der Waals surface area contributed by atoms with Gasteiger partial charge in [-0.2, -0.15) is 44.2 Å². The van der Waals surface area contributed by atoms with Crippen LogP contribution < -0.4 is 20.1 Å². The van der Waals surface area contributed by atoms with Crippen molar-refractivity contribution in [3.05, 3.63) is 47.0 Å². The van der Waals surface area contributed by atoms with E-state index in [2.05, 4.69) is 5.32 Å². The Labute approximate surface area is 201 Å². The Bertz CT molecular complexity index is 1440. The van der Waals surface area contributed by atoms with Crippen LogP contribution in [0.15, 0.2) is 40.1 Å². The van der Waals surface area contributed by atoms with E-state index in [1.54, 1.807) is 0 Å². The Kier molecular flexibility index (Phi) is 6.84. The number of fused-ring (bicyclic) bond motifs is 1. The minimum atomic E-state index is -5.60. The van der Waals surface area contributed by atoms with Crippen molar-refractivity contribution in [1.82, 2.24) is 9.44 Å². The SMILES string of the molecule is O=C(Nc1cc(C(F)(F)F)cc(C(F)(F)F)c1)NS(=O)(=O)c1cc2c(cc1C(F)(F)F)NCNS2(=O)=O. The number of carbonyl (C=O) groups is 1. The molecule has 0 aliphatic carbocycles. The topological polar surface area (TPSA) is 133 Å². The Morgan fingerprint density at radius 3 is 1.86 bits per heavy atom. The molecule has 2 aromatic carbocycles. The lowest BCUT2D eigenvalue weighted by Crippen LogP contribution is -2.37. The molecule has 20 heteroatoms. The third-order valence-electron chi connectivity index (χ3n) is 4.58. The normalized spacial score (nSPS) is 15.9. The molecule has 0 bridgehead atoms. The molecule has 1 aliphatic rings. The molecular formula is C17H11F9N4O5S2. The van der Waals surface area contributed by atoms with Gasteiger partial charge >= 0.3 is 24.6 Å². The summed E-state index contributed by atoms with van der Waals surface area (Å²) in [6.45, 7) is -0.531. The minimum absolute atomic E-state index is 0.0192. The molecule has 37 heavy (non-hydrogen) atoms. The molecule has 1 heterocycles. The third kappa shape index (κ3) is 6.18. The Hall–Kier alpha value is -3.26. The fourth-order valence-corrected chi connectivity index (χ4v) is 5.36. The average molecular weight is 586 g/mol. The standard InChI is InChI=1S/C17H11F9N4O5S2/c18-15(19,20)7-1-8(16(21,22)23)3-9(2-7)29-14(31)30-37(34,35)12-5-13-11(4-10(12)17(24,25)26)27-6-28-36(13,32)33/h1-5,27-28H,6H2,(H2,29,30,31). The van der Waals surface area contributed by atoms with Gasteiger partial charge in [-0.1, -0.05) is 0 Å². The highest BCUT2D eigenvalue weighted by Crippen LogP contribution is 2.40. The summed E-state index contributed by atoms with van der Waals surface area (Å²) in [5, 5.41) is 3.63. The highest BCUT2D eigenvalue weighted by atomic mass is 32.2. The maximum atomic E-state index is 13.5. The molecule has 0 saturated carbocycles. The highest BCUT2D eigenvalue weighted by Gasteiger charge is 2.41. The second kappa shape index (κ2) is 8.94. The summed E-state index contributed by atoms with van der Waals surface area (Å²) < 4.78 is 171. The van der Waals surface area contributed by atoms with E-state index in [0.717, 1.165) is 4.72 Å². The number of rotatable bonds is 3. The summed E-state index contributed by atoms with van der Waals surface area (Å²) in [6, 6.07) is -2.07. The predicted octanol–water partition coefficient (Wildman–Crippen LogP) is 3.91. The average Bonchev–Trinajstić information content (AvgIpc) is 2.70. The second-order valence-corrected chi connectivity index (χ2v) is 10.6. The quantitative estimate of drug-likeness (QED) is 0.403. The van der Waals surface area contributed by atoms with Crippen LogP contribution in [0.4, 0.5) is 55.7 Å². The van der Waals surface area contributed by atoms with Crippen LogP contribution in [0.5, 0.6) is 0 Å². The predicted molar refractivity (Wildman–Crippen MR) is 106 cm³/mol. The van der Waals surface area contributed by atoms with Crippen LogP contribution >= 0.6 is 0 Å². The molecule has 0 radical (unpaired) electrons. The van der Waals surface area contributed by atoms with Crippen molar-refractivity contribution in [2.24, 2.45) is 0 Å². The lowest BCUT2D eigenvalue weighted by molar-refractivity contribution is -0.143. The van der Waals surface area contributed by atoms with Crippen LogP contribution in [-0.2, 0) is 38.6 Å². The molecule has 4 N–H and O–H groups in total. The van der Waals surface area contributed by atoms with Crippen LogP contribution in [0, 0.1) is 0 Å². The van der Waals surface area contributed by atoms with Gasteiger partial charge in [-0.15, -0.1) is 0 Å². The summed E-state index contributed by atoms with van der Waals surface area (Å²) in [5.41, 5.74) is -7.50. The number of nitrogens with one attached hydrogen (secondary N) is 4. The van der Waals surface area contributed by atoms with Crippen molar-refractivity contribution in [3.63, 3.8) is 0 Å². The maximum Gasteiger partial charge on any atom is 0.417 e. The van der Waals surface area contributed by atoms with Gasteiger partial charge in [0.1, 0.15) is 9.79 Å². The summed E-state index contributed by atoms with van der Waals surface area (Å²) >= 11 is 0. The van der Waals surface area contributed by atoms with Crippen molar-refractivity contribution < 1.29 is 61.1 Å². The van der Waals surface area contributed by atoms with Crippen molar-refractivity contribution in [1.29, 1.82) is 0 Å². The summed E-state index contributed by atoms with van der Waals surface area (Å²) in [5.74, 6) is 0. The van der Waals surface area contributed by atoms with Gasteiger partial charge in [0, 0.05) is 5.69 Å². The highest BCUT2D eigenvalue weighted by molar-refractivity contribution is 7.90. The van der Waals surface area contributed by atoms with E-state index in [0.29, 0.717) is 0 Å². The molecule has 0 aromatic heterocycles. The summed E-state index contributed by atoms with van der Waals surface area (Å²) in [7, 11) is -10.1. The second-order valence-electron chi connectivity index (χ2n) is 7.20. The maximum absolute atomic E-state index is 13.5. The van der Waals surface area contributed by atoms with Crippen molar-refractivity contribution in [2.75, 3.05) is 17.3 Å². The Morgan fingerprint density at radius 1 is 0.838 bits per heavy atom. The number of hydrogen-bond donors (Lipinski definition) is 4. The molecule has 2 amide bonds. The summed E-state index contributed by atoms with van der Waals surface area (Å²) in [4.78, 5) is 9.41. The van der Waals surface area contributed by atoms with E-state index < -0.39 is 89.1 Å². The zero-order chi connectivity index (χ0) is 28.2. The first-order valence-electron chi connectivity index (χ1n) is 9.23. The zero-order valence-electron chi connectivity index (χ0n) is 17.4. The van der Waals surface area contributed by atoms with Crippen molar-refractivity contribution in [2.45, 2.75) is 28.3 Å². The number of urea groups is 1. The molecule has 0 saturated heterocycles. The van der Waals surface area contributed by atoms with Crippen LogP contribution in [0.1, 0.15) is 16.7 Å². The lowest BCUT2D eigenvalue weighted by atomic mass is 10.1. The van der Waals surface area contributed by atoms with E-state index in [1.807, 2.05) is 4.72 Å². The number of sulfonamides is 2. The molecular weight excluding hydrogens is 575 g/mol. The largest absolute Gasteiger partial charge is 0.417 e. The minimum Gasteiger partial charge on any atom is -0.370 e. The van der Waals surface area contributed by atoms with Crippen molar-refractivity contribution in [3.8, 4) is 0 Å². The van der Waals surface area contributed by atoms with E-state index in [4.69, 9.17) is 0 Å². The number of amides is 2. The number of anilines is 2. The monoisotopic (exact) mass is 586 g/mol. The number of alkyl halides is 9. The van der Waals surface area contributed by atoms with E-state index >= 15 is 0 Å². The zero-order valence-corrected chi connectivity index (χ0v) is 19.0. The Balaban J connectivity index is 2.02. The van der Waals surface area contributed by atoms with Crippen molar-refractivity contribution >= 4 is 37.5 Å². The molecule has 9 nitrogen and oxygen atoms in total. The van der Waals surface area contributed by atoms with Gasteiger partial charge in [-0.25, -0.2) is 26.4 Å². The third-order valence-corrected chi connectivity index (χ3v) is 7.39. The molecule has 3 rings (SSSR count). The van der Waals surface area contributed by atoms with Crippen LogP contribution in [-0.4, -0.2) is 29.5 Å². The number of halogens is 9. The summed E-state index contributed by atoms with van der Waals surface area (Å²) in [6.07, 6.45) is -16.0. The van der Waals surface area contributed by atoms with Gasteiger partial charge in [0.15, 0.2) is 0 Å². The fourth-order valence-electron chi connectivity index (χ4n) is 3.03.